The summed E-state index contributed by atoms with van der Waals surface area (Å²) in [6.07, 6.45) is 0. The second-order valence-corrected chi connectivity index (χ2v) is 8.02. The average molecular weight is 489 g/mol. The summed E-state index contributed by atoms with van der Waals surface area (Å²) in [5.41, 5.74) is 1.54. The molecule has 36 heavy (non-hydrogen) atoms. The summed E-state index contributed by atoms with van der Waals surface area (Å²) in [5.74, 6) is -3.48. The van der Waals surface area contributed by atoms with Crippen LogP contribution in [0, 0.1) is 12.7 Å². The number of amides is 4. The van der Waals surface area contributed by atoms with Crippen molar-refractivity contribution in [2.75, 3.05) is 22.1 Å². The number of aryl methyl sites for hydroxylation is 1. The normalized spacial score (nSPS) is 12.2. The summed E-state index contributed by atoms with van der Waals surface area (Å²) in [6, 6.07) is 14.2. The van der Waals surface area contributed by atoms with Gasteiger partial charge in [0, 0.05) is 18.3 Å². The Kier molecular flexibility index (Phi) is 6.60. The van der Waals surface area contributed by atoms with Crippen LogP contribution in [-0.4, -0.2) is 36.2 Å². The number of imide groups is 1. The Hall–Kier alpha value is -4.86. The minimum Gasteiger partial charge on any atom is -0.452 e. The van der Waals surface area contributed by atoms with Crippen LogP contribution in [0.1, 0.15) is 43.6 Å². The summed E-state index contributed by atoms with van der Waals surface area (Å²) in [5, 5.41) is 5.02. The van der Waals surface area contributed by atoms with Crippen molar-refractivity contribution in [1.29, 1.82) is 0 Å². The molecule has 0 aliphatic carbocycles. The monoisotopic (exact) mass is 489 g/mol. The van der Waals surface area contributed by atoms with Gasteiger partial charge in [-0.1, -0.05) is 6.07 Å². The van der Waals surface area contributed by atoms with Gasteiger partial charge < -0.3 is 15.4 Å². The van der Waals surface area contributed by atoms with Crippen molar-refractivity contribution in [3.8, 4) is 0 Å². The van der Waals surface area contributed by atoms with Crippen molar-refractivity contribution in [3.05, 3.63) is 88.7 Å². The van der Waals surface area contributed by atoms with E-state index in [1.165, 1.54) is 49.4 Å². The van der Waals surface area contributed by atoms with Crippen LogP contribution in [0.4, 0.5) is 21.5 Å². The van der Waals surface area contributed by atoms with Crippen LogP contribution in [0.25, 0.3) is 0 Å². The zero-order valence-corrected chi connectivity index (χ0v) is 19.3. The van der Waals surface area contributed by atoms with Crippen LogP contribution in [0.15, 0.2) is 60.7 Å². The molecule has 4 amide bonds. The van der Waals surface area contributed by atoms with Gasteiger partial charge in [0.15, 0.2) is 6.61 Å². The first-order chi connectivity index (χ1) is 17.1. The highest BCUT2D eigenvalue weighted by Crippen LogP contribution is 2.30. The Balaban J connectivity index is 1.43. The van der Waals surface area contributed by atoms with Crippen molar-refractivity contribution in [2.45, 2.75) is 13.8 Å². The molecular weight excluding hydrogens is 469 g/mol. The molecule has 0 bridgehead atoms. The maximum absolute atomic E-state index is 13.6. The van der Waals surface area contributed by atoms with Crippen molar-refractivity contribution in [1.82, 2.24) is 0 Å². The molecule has 0 radical (unpaired) electrons. The summed E-state index contributed by atoms with van der Waals surface area (Å²) < 4.78 is 18.6. The van der Waals surface area contributed by atoms with Crippen LogP contribution < -0.4 is 15.5 Å². The molecule has 10 heteroatoms. The highest BCUT2D eigenvalue weighted by molar-refractivity contribution is 6.34. The standard InChI is InChI=1S/C26H20FN3O6/c1-14-3-5-18(12-22(14)27)29-23(32)13-36-26(35)16-4-10-20-21(11-16)25(34)30(24(20)33)19-8-6-17(7-9-19)28-15(2)31/h3-12H,13H2,1-2H3,(H,28,31)(H,29,32). The number of carbonyl (C=O) groups is 5. The van der Waals surface area contributed by atoms with Crippen molar-refractivity contribution in [2.24, 2.45) is 0 Å². The average Bonchev–Trinajstić information content (AvgIpc) is 3.09. The van der Waals surface area contributed by atoms with Gasteiger partial charge >= 0.3 is 5.97 Å². The predicted octanol–water partition coefficient (Wildman–Crippen LogP) is 3.69. The third-order valence-electron chi connectivity index (χ3n) is 5.36. The first kappa shape index (κ1) is 24.3. The fourth-order valence-corrected chi connectivity index (χ4v) is 3.58. The first-order valence-electron chi connectivity index (χ1n) is 10.8. The number of hydrogen-bond donors (Lipinski definition) is 2. The van der Waals surface area contributed by atoms with Gasteiger partial charge in [0.05, 0.1) is 22.4 Å². The minimum absolute atomic E-state index is 0.0139. The van der Waals surface area contributed by atoms with Gasteiger partial charge in [0.1, 0.15) is 5.82 Å². The van der Waals surface area contributed by atoms with E-state index >= 15 is 0 Å². The third kappa shape index (κ3) is 4.97. The molecule has 0 spiro atoms. The lowest BCUT2D eigenvalue weighted by atomic mass is 10.1. The van der Waals surface area contributed by atoms with E-state index in [1.54, 1.807) is 19.1 Å². The lowest BCUT2D eigenvalue weighted by molar-refractivity contribution is -0.119. The lowest BCUT2D eigenvalue weighted by Crippen LogP contribution is -2.29. The minimum atomic E-state index is -0.874. The number of fused-ring (bicyclic) bond motifs is 1. The molecule has 3 aromatic carbocycles. The highest BCUT2D eigenvalue weighted by atomic mass is 19.1. The molecule has 0 unspecified atom stereocenters. The SMILES string of the molecule is CC(=O)Nc1ccc(N2C(=O)c3ccc(C(=O)OCC(=O)Nc4ccc(C)c(F)c4)cc3C2=O)cc1. The number of rotatable bonds is 6. The Labute approximate surface area is 204 Å². The molecule has 1 heterocycles. The van der Waals surface area contributed by atoms with E-state index in [9.17, 15) is 28.4 Å². The smallest absolute Gasteiger partial charge is 0.338 e. The van der Waals surface area contributed by atoms with Crippen LogP contribution >= 0.6 is 0 Å². The number of halogens is 1. The highest BCUT2D eigenvalue weighted by Gasteiger charge is 2.37. The van der Waals surface area contributed by atoms with Crippen molar-refractivity contribution < 1.29 is 33.1 Å². The van der Waals surface area contributed by atoms with E-state index in [1.807, 2.05) is 0 Å². The maximum Gasteiger partial charge on any atom is 0.338 e. The quantitative estimate of drug-likeness (QED) is 0.402. The molecule has 0 saturated heterocycles. The number of carbonyl (C=O) groups excluding carboxylic acids is 5. The van der Waals surface area contributed by atoms with Gasteiger partial charge in [-0.2, -0.15) is 0 Å². The number of anilines is 3. The Morgan fingerprint density at radius 2 is 1.53 bits per heavy atom. The molecule has 3 aromatic rings. The van der Waals surface area contributed by atoms with Crippen LogP contribution in [-0.2, 0) is 14.3 Å². The second-order valence-electron chi connectivity index (χ2n) is 8.02. The van der Waals surface area contributed by atoms with Crippen LogP contribution in [0.2, 0.25) is 0 Å². The van der Waals surface area contributed by atoms with Crippen LogP contribution in [0.5, 0.6) is 0 Å². The molecule has 0 aromatic heterocycles. The summed E-state index contributed by atoms with van der Waals surface area (Å²) in [7, 11) is 0. The van der Waals surface area contributed by atoms with E-state index in [2.05, 4.69) is 10.6 Å². The van der Waals surface area contributed by atoms with Gasteiger partial charge in [-0.3, -0.25) is 19.2 Å². The van der Waals surface area contributed by atoms with E-state index < -0.39 is 36.1 Å². The van der Waals surface area contributed by atoms with E-state index in [4.69, 9.17) is 4.74 Å². The van der Waals surface area contributed by atoms with Gasteiger partial charge in [-0.25, -0.2) is 14.1 Å². The molecule has 9 nitrogen and oxygen atoms in total. The number of hydrogen-bond acceptors (Lipinski definition) is 6. The predicted molar refractivity (Wildman–Crippen MR) is 128 cm³/mol. The largest absolute Gasteiger partial charge is 0.452 e. The van der Waals surface area contributed by atoms with Gasteiger partial charge in [0.25, 0.3) is 17.7 Å². The van der Waals surface area contributed by atoms with E-state index in [0.717, 1.165) is 11.0 Å². The van der Waals surface area contributed by atoms with E-state index in [0.29, 0.717) is 16.9 Å². The first-order valence-corrected chi connectivity index (χ1v) is 10.8. The Morgan fingerprint density at radius 3 is 2.19 bits per heavy atom. The summed E-state index contributed by atoms with van der Waals surface area (Å²) >= 11 is 0. The van der Waals surface area contributed by atoms with Gasteiger partial charge in [0.2, 0.25) is 5.91 Å². The molecule has 1 aliphatic rings. The van der Waals surface area contributed by atoms with Gasteiger partial charge in [-0.15, -0.1) is 0 Å². The number of esters is 1. The third-order valence-corrected chi connectivity index (χ3v) is 5.36. The zero-order chi connectivity index (χ0) is 26.0. The molecule has 1 aliphatic heterocycles. The lowest BCUT2D eigenvalue weighted by Gasteiger charge is -2.14. The van der Waals surface area contributed by atoms with Crippen molar-refractivity contribution in [3.63, 3.8) is 0 Å². The molecular formula is C26H20FN3O6. The Bertz CT molecular complexity index is 1420. The summed E-state index contributed by atoms with van der Waals surface area (Å²) in [6.45, 7) is 2.31. The molecule has 0 atom stereocenters. The Morgan fingerprint density at radius 1 is 0.861 bits per heavy atom. The topological polar surface area (TPSA) is 122 Å². The maximum atomic E-state index is 13.6. The van der Waals surface area contributed by atoms with Gasteiger partial charge in [-0.05, 0) is 67.1 Å². The molecule has 182 valence electrons. The molecule has 2 N–H and O–H groups in total. The van der Waals surface area contributed by atoms with E-state index in [-0.39, 0.29) is 28.3 Å². The van der Waals surface area contributed by atoms with Crippen molar-refractivity contribution >= 4 is 46.7 Å². The van der Waals surface area contributed by atoms with Crippen LogP contribution in [0.3, 0.4) is 0 Å². The zero-order valence-electron chi connectivity index (χ0n) is 19.3. The number of nitrogens with zero attached hydrogens (tertiary/aromatic N) is 1. The molecule has 0 fully saturated rings. The summed E-state index contributed by atoms with van der Waals surface area (Å²) in [4.78, 5) is 62.5. The molecule has 0 saturated carbocycles. The number of ether oxygens (including phenoxy) is 1. The fourth-order valence-electron chi connectivity index (χ4n) is 3.58. The fraction of sp³-hybridized carbons (Fsp3) is 0.115. The molecule has 4 rings (SSSR count). The number of benzene rings is 3. The number of nitrogens with one attached hydrogen (secondary N) is 2. The second kappa shape index (κ2) is 9.79.